The largest absolute Gasteiger partial charge is 0.497 e. The Morgan fingerprint density at radius 3 is 2.56 bits per heavy atom. The summed E-state index contributed by atoms with van der Waals surface area (Å²) in [5.74, 6) is 1.58. The maximum atomic E-state index is 5.35. The molecule has 0 spiro atoms. The van der Waals surface area contributed by atoms with Crippen LogP contribution in [0, 0.1) is 0 Å². The summed E-state index contributed by atoms with van der Waals surface area (Å²) in [6.45, 7) is 2.68. The van der Waals surface area contributed by atoms with Crippen molar-refractivity contribution in [3.63, 3.8) is 0 Å². The average Bonchev–Trinajstić information content (AvgIpc) is 2.71. The number of ether oxygens (including phenoxy) is 1. The molecule has 1 aromatic heterocycles. The van der Waals surface area contributed by atoms with Crippen LogP contribution in [0.15, 0.2) is 67.0 Å². The first-order valence-corrected chi connectivity index (χ1v) is 9.28. The molecule has 5 nitrogen and oxygen atoms in total. The maximum absolute atomic E-state index is 5.35. The SMILES string of the molecule is COc1cccc(C2CCN2Cc2cnc(NCc3ccccc3)nc2)c1. The third-order valence-electron chi connectivity index (χ3n) is 4.99. The minimum absolute atomic E-state index is 0.441. The first kappa shape index (κ1) is 17.5. The topological polar surface area (TPSA) is 50.3 Å². The zero-order valence-electron chi connectivity index (χ0n) is 15.5. The molecule has 4 rings (SSSR count). The van der Waals surface area contributed by atoms with Crippen molar-refractivity contribution in [1.29, 1.82) is 0 Å². The van der Waals surface area contributed by atoms with Gasteiger partial charge in [-0.05, 0) is 29.7 Å². The van der Waals surface area contributed by atoms with Crippen LogP contribution in [-0.4, -0.2) is 28.5 Å². The molecular formula is C22H24N4O. The zero-order chi connectivity index (χ0) is 18.5. The van der Waals surface area contributed by atoms with E-state index in [0.717, 1.165) is 30.9 Å². The molecule has 138 valence electrons. The molecule has 1 N–H and O–H groups in total. The molecule has 0 bridgehead atoms. The summed E-state index contributed by atoms with van der Waals surface area (Å²) >= 11 is 0. The Kier molecular flexibility index (Phi) is 5.30. The first-order chi connectivity index (χ1) is 13.3. The molecule has 1 atom stereocenters. The summed E-state index contributed by atoms with van der Waals surface area (Å²) in [4.78, 5) is 11.4. The number of aromatic nitrogens is 2. The van der Waals surface area contributed by atoms with Crippen molar-refractivity contribution in [3.8, 4) is 5.75 Å². The number of nitrogens with zero attached hydrogens (tertiary/aromatic N) is 3. The highest BCUT2D eigenvalue weighted by Gasteiger charge is 2.29. The summed E-state index contributed by atoms with van der Waals surface area (Å²) in [6, 6.07) is 19.0. The molecule has 0 amide bonds. The van der Waals surface area contributed by atoms with Crippen molar-refractivity contribution in [1.82, 2.24) is 14.9 Å². The Bertz CT molecular complexity index is 867. The van der Waals surface area contributed by atoms with E-state index in [1.165, 1.54) is 17.5 Å². The van der Waals surface area contributed by atoms with Gasteiger partial charge in [-0.2, -0.15) is 0 Å². The van der Waals surface area contributed by atoms with Gasteiger partial charge in [0, 0.05) is 43.6 Å². The molecule has 2 aromatic carbocycles. The number of likely N-dealkylation sites (tertiary alicyclic amines) is 1. The van der Waals surface area contributed by atoms with E-state index in [1.54, 1.807) is 7.11 Å². The van der Waals surface area contributed by atoms with Crippen LogP contribution in [0.1, 0.15) is 29.2 Å². The zero-order valence-corrected chi connectivity index (χ0v) is 15.5. The van der Waals surface area contributed by atoms with E-state index in [9.17, 15) is 0 Å². The smallest absolute Gasteiger partial charge is 0.222 e. The van der Waals surface area contributed by atoms with Crippen molar-refractivity contribution >= 4 is 5.95 Å². The Labute approximate surface area is 160 Å². The number of benzene rings is 2. The molecule has 27 heavy (non-hydrogen) atoms. The summed E-state index contributed by atoms with van der Waals surface area (Å²) in [6.07, 6.45) is 5.01. The van der Waals surface area contributed by atoms with Crippen LogP contribution in [0.4, 0.5) is 5.95 Å². The quantitative estimate of drug-likeness (QED) is 0.689. The molecule has 0 aliphatic carbocycles. The summed E-state index contributed by atoms with van der Waals surface area (Å²) in [7, 11) is 1.71. The Morgan fingerprint density at radius 1 is 1.04 bits per heavy atom. The molecule has 3 aromatic rings. The number of hydrogen-bond acceptors (Lipinski definition) is 5. The van der Waals surface area contributed by atoms with E-state index < -0.39 is 0 Å². The molecule has 2 heterocycles. The normalized spacial score (nSPS) is 16.6. The minimum atomic E-state index is 0.441. The van der Waals surface area contributed by atoms with Gasteiger partial charge in [0.2, 0.25) is 5.95 Å². The van der Waals surface area contributed by atoms with E-state index in [4.69, 9.17) is 4.74 Å². The van der Waals surface area contributed by atoms with Crippen LogP contribution in [0.3, 0.4) is 0 Å². The lowest BCUT2D eigenvalue weighted by atomic mass is 9.94. The Balaban J connectivity index is 1.34. The van der Waals surface area contributed by atoms with Crippen molar-refractivity contribution in [2.45, 2.75) is 25.6 Å². The molecule has 1 aliphatic rings. The number of hydrogen-bond donors (Lipinski definition) is 1. The standard InChI is InChI=1S/C22H24N4O/c1-27-20-9-5-8-19(12-20)21-10-11-26(21)16-18-14-24-22(25-15-18)23-13-17-6-3-2-4-7-17/h2-9,12,14-15,21H,10-11,13,16H2,1H3,(H,23,24,25). The van der Waals surface area contributed by atoms with Gasteiger partial charge in [0.05, 0.1) is 7.11 Å². The van der Waals surface area contributed by atoms with E-state index >= 15 is 0 Å². The number of rotatable bonds is 7. The fourth-order valence-electron chi connectivity index (χ4n) is 3.40. The number of nitrogens with one attached hydrogen (secondary N) is 1. The first-order valence-electron chi connectivity index (χ1n) is 9.28. The molecule has 0 radical (unpaired) electrons. The van der Waals surface area contributed by atoms with Crippen molar-refractivity contribution in [2.24, 2.45) is 0 Å². The molecule has 5 heteroatoms. The van der Waals surface area contributed by atoms with E-state index in [-0.39, 0.29) is 0 Å². The van der Waals surface area contributed by atoms with Crippen molar-refractivity contribution in [2.75, 3.05) is 19.0 Å². The molecule has 1 unspecified atom stereocenters. The van der Waals surface area contributed by atoms with Gasteiger partial charge < -0.3 is 10.1 Å². The number of methoxy groups -OCH3 is 1. The molecule has 1 fully saturated rings. The third kappa shape index (κ3) is 4.26. The van der Waals surface area contributed by atoms with Gasteiger partial charge >= 0.3 is 0 Å². The fraction of sp³-hybridized carbons (Fsp3) is 0.273. The highest BCUT2D eigenvalue weighted by molar-refractivity contribution is 5.32. The lowest BCUT2D eigenvalue weighted by Crippen LogP contribution is -2.40. The van der Waals surface area contributed by atoms with Crippen LogP contribution in [-0.2, 0) is 13.1 Å². The van der Waals surface area contributed by atoms with Crippen molar-refractivity contribution < 1.29 is 4.74 Å². The van der Waals surface area contributed by atoms with E-state index in [0.29, 0.717) is 12.0 Å². The average molecular weight is 360 g/mol. The van der Waals surface area contributed by atoms with Gasteiger partial charge in [-0.3, -0.25) is 4.90 Å². The van der Waals surface area contributed by atoms with Crippen molar-refractivity contribution in [3.05, 3.63) is 83.7 Å². The lowest BCUT2D eigenvalue weighted by molar-refractivity contribution is 0.0815. The number of anilines is 1. The fourth-order valence-corrected chi connectivity index (χ4v) is 3.40. The van der Waals surface area contributed by atoms with Gasteiger partial charge in [-0.1, -0.05) is 42.5 Å². The van der Waals surface area contributed by atoms with Crippen LogP contribution >= 0.6 is 0 Å². The minimum Gasteiger partial charge on any atom is -0.497 e. The van der Waals surface area contributed by atoms with Gasteiger partial charge in [0.25, 0.3) is 0 Å². The third-order valence-corrected chi connectivity index (χ3v) is 4.99. The predicted octanol–water partition coefficient (Wildman–Crippen LogP) is 4.04. The highest BCUT2D eigenvalue weighted by Crippen LogP contribution is 2.35. The molecule has 0 saturated carbocycles. The maximum Gasteiger partial charge on any atom is 0.222 e. The lowest BCUT2D eigenvalue weighted by Gasteiger charge is -2.41. The van der Waals surface area contributed by atoms with Gasteiger partial charge in [-0.15, -0.1) is 0 Å². The van der Waals surface area contributed by atoms with Crippen LogP contribution < -0.4 is 10.1 Å². The highest BCUT2D eigenvalue weighted by atomic mass is 16.5. The second-order valence-electron chi connectivity index (χ2n) is 6.81. The molecule has 1 aliphatic heterocycles. The second-order valence-corrected chi connectivity index (χ2v) is 6.81. The monoisotopic (exact) mass is 360 g/mol. The van der Waals surface area contributed by atoms with Gasteiger partial charge in [0.15, 0.2) is 0 Å². The van der Waals surface area contributed by atoms with E-state index in [1.807, 2.05) is 36.7 Å². The van der Waals surface area contributed by atoms with Crippen LogP contribution in [0.5, 0.6) is 5.75 Å². The Morgan fingerprint density at radius 2 is 1.85 bits per heavy atom. The predicted molar refractivity (Wildman–Crippen MR) is 107 cm³/mol. The van der Waals surface area contributed by atoms with Gasteiger partial charge in [0.1, 0.15) is 5.75 Å². The van der Waals surface area contributed by atoms with Crippen LogP contribution in [0.2, 0.25) is 0 Å². The molecular weight excluding hydrogens is 336 g/mol. The Hall–Kier alpha value is -2.92. The van der Waals surface area contributed by atoms with E-state index in [2.05, 4.69) is 50.5 Å². The van der Waals surface area contributed by atoms with Crippen LogP contribution in [0.25, 0.3) is 0 Å². The summed E-state index contributed by atoms with van der Waals surface area (Å²) in [5, 5.41) is 3.27. The van der Waals surface area contributed by atoms with Gasteiger partial charge in [-0.25, -0.2) is 9.97 Å². The molecule has 1 saturated heterocycles. The second kappa shape index (κ2) is 8.18. The summed E-state index contributed by atoms with van der Waals surface area (Å²) in [5.41, 5.74) is 3.66. The summed E-state index contributed by atoms with van der Waals surface area (Å²) < 4.78 is 5.35.